The van der Waals surface area contributed by atoms with Crippen molar-refractivity contribution in [2.45, 2.75) is 26.8 Å². The van der Waals surface area contributed by atoms with Gasteiger partial charge in [-0.05, 0) is 20.8 Å². The molecule has 0 aromatic heterocycles. The van der Waals surface area contributed by atoms with Crippen molar-refractivity contribution in [1.29, 1.82) is 0 Å². The largest absolute Gasteiger partial charge is 0.465 e. The maximum Gasteiger partial charge on any atom is 0.323 e. The molecule has 0 radical (unpaired) electrons. The third-order valence-electron chi connectivity index (χ3n) is 2.18. The van der Waals surface area contributed by atoms with Crippen molar-refractivity contribution in [3.63, 3.8) is 0 Å². The van der Waals surface area contributed by atoms with E-state index >= 15 is 0 Å². The molecule has 0 saturated heterocycles. The monoisotopic (exact) mass is 243 g/mol. The lowest BCUT2D eigenvalue weighted by molar-refractivity contribution is -0.151. The summed E-state index contributed by atoms with van der Waals surface area (Å²) in [7, 11) is 0. The smallest absolute Gasteiger partial charge is 0.323 e. The van der Waals surface area contributed by atoms with Gasteiger partial charge in [-0.25, -0.2) is 0 Å². The first kappa shape index (κ1) is 15.6. The number of ether oxygens (including phenoxy) is 2. The van der Waals surface area contributed by atoms with Gasteiger partial charge in [0.2, 0.25) is 0 Å². The van der Waals surface area contributed by atoms with Crippen molar-refractivity contribution >= 4 is 11.9 Å². The quantitative estimate of drug-likeness (QED) is 0.470. The summed E-state index contributed by atoms with van der Waals surface area (Å²) in [5.74, 6) is -0.704. The topological polar surface area (TPSA) is 55.8 Å². The SMILES string of the molecule is C=CCN(CC(=O)OCC)C(C)C(=O)OCC. The summed E-state index contributed by atoms with van der Waals surface area (Å²) in [6, 6.07) is -0.489. The van der Waals surface area contributed by atoms with Gasteiger partial charge in [-0.15, -0.1) is 6.58 Å². The molecule has 0 heterocycles. The van der Waals surface area contributed by atoms with E-state index in [1.54, 1.807) is 31.7 Å². The lowest BCUT2D eigenvalue weighted by Crippen LogP contribution is -2.43. The van der Waals surface area contributed by atoms with Gasteiger partial charge in [-0.1, -0.05) is 6.08 Å². The van der Waals surface area contributed by atoms with Crippen LogP contribution in [0.2, 0.25) is 0 Å². The fourth-order valence-corrected chi connectivity index (χ4v) is 1.31. The summed E-state index contributed by atoms with van der Waals surface area (Å²) in [6.45, 7) is 9.91. The van der Waals surface area contributed by atoms with E-state index in [0.29, 0.717) is 19.8 Å². The number of hydrogen-bond acceptors (Lipinski definition) is 5. The van der Waals surface area contributed by atoms with E-state index in [4.69, 9.17) is 9.47 Å². The van der Waals surface area contributed by atoms with Gasteiger partial charge in [0.1, 0.15) is 6.04 Å². The number of hydrogen-bond donors (Lipinski definition) is 0. The summed E-state index contributed by atoms with van der Waals surface area (Å²) in [5, 5.41) is 0. The van der Waals surface area contributed by atoms with Crippen LogP contribution in [0, 0.1) is 0 Å². The van der Waals surface area contributed by atoms with Crippen LogP contribution in [0.25, 0.3) is 0 Å². The first-order valence-corrected chi connectivity index (χ1v) is 5.73. The Kier molecular flexibility index (Phi) is 8.05. The highest BCUT2D eigenvalue weighted by atomic mass is 16.5. The van der Waals surface area contributed by atoms with Gasteiger partial charge >= 0.3 is 11.9 Å². The van der Waals surface area contributed by atoms with Crippen LogP contribution in [0.15, 0.2) is 12.7 Å². The van der Waals surface area contributed by atoms with Gasteiger partial charge in [0.25, 0.3) is 0 Å². The Morgan fingerprint density at radius 3 is 2.35 bits per heavy atom. The van der Waals surface area contributed by atoms with Gasteiger partial charge < -0.3 is 9.47 Å². The van der Waals surface area contributed by atoms with E-state index in [0.717, 1.165) is 0 Å². The van der Waals surface area contributed by atoms with Gasteiger partial charge in [-0.2, -0.15) is 0 Å². The molecule has 0 amide bonds. The van der Waals surface area contributed by atoms with Crippen molar-refractivity contribution in [2.75, 3.05) is 26.3 Å². The van der Waals surface area contributed by atoms with Crippen LogP contribution in [-0.2, 0) is 19.1 Å². The molecule has 0 spiro atoms. The van der Waals surface area contributed by atoms with E-state index < -0.39 is 6.04 Å². The molecule has 17 heavy (non-hydrogen) atoms. The molecule has 0 aromatic rings. The zero-order valence-corrected chi connectivity index (χ0v) is 10.8. The first-order valence-electron chi connectivity index (χ1n) is 5.73. The third kappa shape index (κ3) is 6.06. The second-order valence-corrected chi connectivity index (χ2v) is 3.45. The average Bonchev–Trinajstić information content (AvgIpc) is 2.28. The summed E-state index contributed by atoms with van der Waals surface area (Å²) in [4.78, 5) is 24.6. The Morgan fingerprint density at radius 1 is 1.29 bits per heavy atom. The Hall–Kier alpha value is -1.36. The Balaban J connectivity index is 4.43. The maximum atomic E-state index is 11.5. The number of nitrogens with zero attached hydrogens (tertiary/aromatic N) is 1. The Bertz CT molecular complexity index is 265. The molecular formula is C12H21NO4. The minimum atomic E-state index is -0.489. The van der Waals surface area contributed by atoms with Crippen molar-refractivity contribution < 1.29 is 19.1 Å². The molecule has 0 rings (SSSR count). The van der Waals surface area contributed by atoms with Gasteiger partial charge in [0.15, 0.2) is 0 Å². The maximum absolute atomic E-state index is 11.5. The summed E-state index contributed by atoms with van der Waals surface area (Å²) >= 11 is 0. The molecule has 0 saturated carbocycles. The van der Waals surface area contributed by atoms with Gasteiger partial charge in [0, 0.05) is 6.54 Å². The lowest BCUT2D eigenvalue weighted by Gasteiger charge is -2.25. The van der Waals surface area contributed by atoms with Crippen LogP contribution in [0.1, 0.15) is 20.8 Å². The van der Waals surface area contributed by atoms with Gasteiger partial charge in [-0.3, -0.25) is 14.5 Å². The molecule has 5 heteroatoms. The van der Waals surface area contributed by atoms with E-state index in [2.05, 4.69) is 6.58 Å². The van der Waals surface area contributed by atoms with Crippen LogP contribution in [0.3, 0.4) is 0 Å². The van der Waals surface area contributed by atoms with Crippen molar-refractivity contribution in [3.8, 4) is 0 Å². The summed E-state index contributed by atoms with van der Waals surface area (Å²) < 4.78 is 9.75. The molecular weight excluding hydrogens is 222 g/mol. The van der Waals surface area contributed by atoms with Crippen LogP contribution in [0.5, 0.6) is 0 Å². The Labute approximate surface area is 102 Å². The first-order chi connectivity index (χ1) is 8.06. The molecule has 0 aliphatic heterocycles. The number of carbonyl (C=O) groups is 2. The molecule has 0 aliphatic carbocycles. The van der Waals surface area contributed by atoms with E-state index in [9.17, 15) is 9.59 Å². The second-order valence-electron chi connectivity index (χ2n) is 3.45. The lowest BCUT2D eigenvalue weighted by atomic mass is 10.2. The zero-order valence-electron chi connectivity index (χ0n) is 10.8. The number of esters is 2. The molecule has 0 aromatic carbocycles. The van der Waals surface area contributed by atoms with Crippen LogP contribution in [-0.4, -0.2) is 49.2 Å². The van der Waals surface area contributed by atoms with Crippen LogP contribution < -0.4 is 0 Å². The molecule has 0 aliphatic rings. The summed E-state index contributed by atoms with van der Waals surface area (Å²) in [6.07, 6.45) is 1.63. The standard InChI is InChI=1S/C12H21NO4/c1-5-8-13(9-11(14)16-6-2)10(4)12(15)17-7-3/h5,10H,1,6-9H2,2-4H3. The number of carbonyl (C=O) groups excluding carboxylic acids is 2. The predicted octanol–water partition coefficient (Wildman–Crippen LogP) is 0.989. The molecule has 0 bridgehead atoms. The molecule has 0 N–H and O–H groups in total. The Morgan fingerprint density at radius 2 is 1.88 bits per heavy atom. The predicted molar refractivity (Wildman–Crippen MR) is 64.5 cm³/mol. The molecule has 5 nitrogen and oxygen atoms in total. The fourth-order valence-electron chi connectivity index (χ4n) is 1.31. The minimum absolute atomic E-state index is 0.0554. The molecule has 1 atom stereocenters. The molecule has 0 fully saturated rings. The highest BCUT2D eigenvalue weighted by molar-refractivity contribution is 5.77. The van der Waals surface area contributed by atoms with Crippen LogP contribution in [0.4, 0.5) is 0 Å². The molecule has 1 unspecified atom stereocenters. The van der Waals surface area contributed by atoms with E-state index in [1.807, 2.05) is 0 Å². The normalized spacial score (nSPS) is 12.0. The van der Waals surface area contributed by atoms with Crippen LogP contribution >= 0.6 is 0 Å². The second kappa shape index (κ2) is 8.75. The molecule has 98 valence electrons. The third-order valence-corrected chi connectivity index (χ3v) is 2.18. The highest BCUT2D eigenvalue weighted by Gasteiger charge is 2.23. The van der Waals surface area contributed by atoms with Crippen molar-refractivity contribution in [2.24, 2.45) is 0 Å². The van der Waals surface area contributed by atoms with E-state index in [-0.39, 0.29) is 18.5 Å². The number of rotatable bonds is 8. The average molecular weight is 243 g/mol. The van der Waals surface area contributed by atoms with E-state index in [1.165, 1.54) is 0 Å². The highest BCUT2D eigenvalue weighted by Crippen LogP contribution is 2.02. The zero-order chi connectivity index (χ0) is 13.3. The fraction of sp³-hybridized carbons (Fsp3) is 0.667. The van der Waals surface area contributed by atoms with Crippen molar-refractivity contribution in [3.05, 3.63) is 12.7 Å². The summed E-state index contributed by atoms with van der Waals surface area (Å²) in [5.41, 5.74) is 0. The van der Waals surface area contributed by atoms with Crippen molar-refractivity contribution in [1.82, 2.24) is 4.90 Å². The minimum Gasteiger partial charge on any atom is -0.465 e. The van der Waals surface area contributed by atoms with Gasteiger partial charge in [0.05, 0.1) is 19.8 Å².